The predicted octanol–water partition coefficient (Wildman–Crippen LogP) is 4.81. The van der Waals surface area contributed by atoms with Crippen molar-refractivity contribution in [2.45, 2.75) is 19.4 Å². The fraction of sp³-hybridized carbons (Fsp3) is 0.231. The number of para-hydroxylation sites is 1. The number of Topliss-reactive ketones (excluding diaryl/α,β-unsaturated/α-hetero) is 2. The molecule has 3 aromatic carbocycles. The number of nitrogens with zero attached hydrogens (tertiary/aromatic N) is 2. The molecule has 0 atom stereocenters. The standard InChI is InChI=1S/C26H26N2O2/c29-25(21-9-3-1-4-10-21)15-17-27-19-23-13-7-8-14-24(23)28(20-27)18-16-26(30)22-11-5-2-6-12-22/h1-14H,15-20H2. The molecule has 0 saturated carbocycles. The van der Waals surface area contributed by atoms with Crippen LogP contribution in [0.25, 0.3) is 0 Å². The average molecular weight is 399 g/mol. The minimum Gasteiger partial charge on any atom is -0.358 e. The zero-order valence-electron chi connectivity index (χ0n) is 17.0. The summed E-state index contributed by atoms with van der Waals surface area (Å²) >= 11 is 0. The molecular formula is C26H26N2O2. The van der Waals surface area contributed by atoms with E-state index in [1.165, 1.54) is 11.3 Å². The van der Waals surface area contributed by atoms with Crippen molar-refractivity contribution in [3.05, 3.63) is 102 Å². The fourth-order valence-corrected chi connectivity index (χ4v) is 3.94. The number of hydrogen-bond donors (Lipinski definition) is 0. The van der Waals surface area contributed by atoms with E-state index in [9.17, 15) is 9.59 Å². The Hall–Kier alpha value is -3.24. The molecule has 0 bridgehead atoms. The highest BCUT2D eigenvalue weighted by atomic mass is 16.1. The second-order valence-corrected chi connectivity index (χ2v) is 7.66. The number of carbonyl (C=O) groups excluding carboxylic acids is 2. The van der Waals surface area contributed by atoms with E-state index in [4.69, 9.17) is 0 Å². The van der Waals surface area contributed by atoms with Crippen LogP contribution in [0.3, 0.4) is 0 Å². The van der Waals surface area contributed by atoms with Gasteiger partial charge in [-0.2, -0.15) is 0 Å². The Morgan fingerprint density at radius 3 is 1.83 bits per heavy atom. The summed E-state index contributed by atoms with van der Waals surface area (Å²) in [7, 11) is 0. The van der Waals surface area contributed by atoms with Gasteiger partial charge in [-0.05, 0) is 11.6 Å². The van der Waals surface area contributed by atoms with Crippen LogP contribution in [-0.2, 0) is 6.54 Å². The highest BCUT2D eigenvalue weighted by molar-refractivity contribution is 5.96. The molecule has 0 unspecified atom stereocenters. The zero-order valence-corrected chi connectivity index (χ0v) is 17.0. The maximum atomic E-state index is 12.6. The van der Waals surface area contributed by atoms with Crippen molar-refractivity contribution in [3.8, 4) is 0 Å². The van der Waals surface area contributed by atoms with Crippen LogP contribution in [0.1, 0.15) is 39.1 Å². The number of anilines is 1. The van der Waals surface area contributed by atoms with Gasteiger partial charge in [0.1, 0.15) is 0 Å². The normalized spacial score (nSPS) is 13.7. The third-order valence-corrected chi connectivity index (χ3v) is 5.55. The van der Waals surface area contributed by atoms with Crippen molar-refractivity contribution in [1.29, 1.82) is 0 Å². The van der Waals surface area contributed by atoms with Crippen LogP contribution in [0, 0.1) is 0 Å². The first-order valence-corrected chi connectivity index (χ1v) is 10.4. The molecule has 0 N–H and O–H groups in total. The number of hydrogen-bond acceptors (Lipinski definition) is 4. The Kier molecular flexibility index (Phi) is 6.35. The van der Waals surface area contributed by atoms with Crippen LogP contribution in [-0.4, -0.2) is 36.2 Å². The molecule has 1 aliphatic heterocycles. The van der Waals surface area contributed by atoms with Gasteiger partial charge < -0.3 is 4.90 Å². The quantitative estimate of drug-likeness (QED) is 0.511. The molecule has 0 aromatic heterocycles. The monoisotopic (exact) mass is 398 g/mol. The molecule has 0 amide bonds. The van der Waals surface area contributed by atoms with Gasteiger partial charge in [0, 0.05) is 49.3 Å². The first-order chi connectivity index (χ1) is 14.7. The van der Waals surface area contributed by atoms with E-state index in [1.807, 2.05) is 72.8 Å². The molecule has 1 aliphatic rings. The van der Waals surface area contributed by atoms with Gasteiger partial charge in [-0.15, -0.1) is 0 Å². The Balaban J connectivity index is 1.40. The topological polar surface area (TPSA) is 40.6 Å². The SMILES string of the molecule is O=C(CCN1Cc2ccccc2N(CCC(=O)c2ccccc2)C1)c1ccccc1. The van der Waals surface area contributed by atoms with Crippen LogP contribution in [0.5, 0.6) is 0 Å². The van der Waals surface area contributed by atoms with Crippen molar-refractivity contribution < 1.29 is 9.59 Å². The molecule has 0 aliphatic carbocycles. The van der Waals surface area contributed by atoms with Gasteiger partial charge in [-0.3, -0.25) is 14.5 Å². The van der Waals surface area contributed by atoms with E-state index in [-0.39, 0.29) is 11.6 Å². The van der Waals surface area contributed by atoms with Gasteiger partial charge in [0.2, 0.25) is 0 Å². The van der Waals surface area contributed by atoms with E-state index in [0.717, 1.165) is 24.3 Å². The lowest BCUT2D eigenvalue weighted by Gasteiger charge is -2.38. The molecule has 0 fully saturated rings. The van der Waals surface area contributed by atoms with Crippen LogP contribution in [0.2, 0.25) is 0 Å². The lowest BCUT2D eigenvalue weighted by molar-refractivity contribution is 0.0960. The minimum absolute atomic E-state index is 0.157. The summed E-state index contributed by atoms with van der Waals surface area (Å²) in [6, 6.07) is 27.3. The van der Waals surface area contributed by atoms with Gasteiger partial charge in [0.25, 0.3) is 0 Å². The Morgan fingerprint density at radius 2 is 1.20 bits per heavy atom. The molecule has 0 radical (unpaired) electrons. The molecular weight excluding hydrogens is 372 g/mol. The molecule has 30 heavy (non-hydrogen) atoms. The third kappa shape index (κ3) is 4.84. The highest BCUT2D eigenvalue weighted by Gasteiger charge is 2.23. The largest absolute Gasteiger partial charge is 0.358 e. The summed E-state index contributed by atoms with van der Waals surface area (Å²) in [5, 5.41) is 0. The third-order valence-electron chi connectivity index (χ3n) is 5.55. The van der Waals surface area contributed by atoms with Crippen molar-refractivity contribution in [1.82, 2.24) is 4.90 Å². The molecule has 0 saturated heterocycles. The lowest BCUT2D eigenvalue weighted by atomic mass is 10.1. The first kappa shape index (κ1) is 20.0. The zero-order chi connectivity index (χ0) is 20.8. The van der Waals surface area contributed by atoms with E-state index in [0.29, 0.717) is 25.9 Å². The van der Waals surface area contributed by atoms with Crippen LogP contribution >= 0.6 is 0 Å². The van der Waals surface area contributed by atoms with E-state index < -0.39 is 0 Å². The molecule has 4 rings (SSSR count). The molecule has 1 heterocycles. The van der Waals surface area contributed by atoms with Gasteiger partial charge in [-0.1, -0.05) is 78.9 Å². The number of carbonyl (C=O) groups is 2. The highest BCUT2D eigenvalue weighted by Crippen LogP contribution is 2.27. The number of rotatable bonds is 8. The Morgan fingerprint density at radius 1 is 0.667 bits per heavy atom. The van der Waals surface area contributed by atoms with Crippen LogP contribution < -0.4 is 4.90 Å². The summed E-state index contributed by atoms with van der Waals surface area (Å²) < 4.78 is 0. The molecule has 3 aromatic rings. The summed E-state index contributed by atoms with van der Waals surface area (Å²) in [6.45, 7) is 2.90. The summed E-state index contributed by atoms with van der Waals surface area (Å²) in [5.74, 6) is 0.324. The number of benzene rings is 3. The van der Waals surface area contributed by atoms with Crippen molar-refractivity contribution in [2.75, 3.05) is 24.7 Å². The Labute approximate surface area is 177 Å². The number of fused-ring (bicyclic) bond motifs is 1. The lowest BCUT2D eigenvalue weighted by Crippen LogP contribution is -2.43. The van der Waals surface area contributed by atoms with E-state index in [2.05, 4.69) is 21.9 Å². The van der Waals surface area contributed by atoms with Gasteiger partial charge >= 0.3 is 0 Å². The molecule has 152 valence electrons. The van der Waals surface area contributed by atoms with Crippen molar-refractivity contribution >= 4 is 17.3 Å². The molecule has 4 nitrogen and oxygen atoms in total. The van der Waals surface area contributed by atoms with Crippen molar-refractivity contribution in [2.24, 2.45) is 0 Å². The maximum Gasteiger partial charge on any atom is 0.164 e. The summed E-state index contributed by atoms with van der Waals surface area (Å²) in [5.41, 5.74) is 3.94. The van der Waals surface area contributed by atoms with E-state index >= 15 is 0 Å². The second kappa shape index (κ2) is 9.51. The molecule has 0 spiro atoms. The van der Waals surface area contributed by atoms with Crippen LogP contribution in [0.15, 0.2) is 84.9 Å². The Bertz CT molecular complexity index is 1000. The van der Waals surface area contributed by atoms with Crippen molar-refractivity contribution in [3.63, 3.8) is 0 Å². The van der Waals surface area contributed by atoms with Crippen LogP contribution in [0.4, 0.5) is 5.69 Å². The number of ketones is 2. The van der Waals surface area contributed by atoms with E-state index in [1.54, 1.807) is 0 Å². The first-order valence-electron chi connectivity index (χ1n) is 10.4. The maximum absolute atomic E-state index is 12.6. The summed E-state index contributed by atoms with van der Waals surface area (Å²) in [4.78, 5) is 29.6. The van der Waals surface area contributed by atoms with Gasteiger partial charge in [0.05, 0.1) is 6.67 Å². The second-order valence-electron chi connectivity index (χ2n) is 7.66. The predicted molar refractivity (Wildman–Crippen MR) is 120 cm³/mol. The average Bonchev–Trinajstić information content (AvgIpc) is 2.81. The fourth-order valence-electron chi connectivity index (χ4n) is 3.94. The summed E-state index contributed by atoms with van der Waals surface area (Å²) in [6.07, 6.45) is 0.956. The molecule has 4 heteroatoms. The van der Waals surface area contributed by atoms with Gasteiger partial charge in [-0.25, -0.2) is 0 Å². The smallest absolute Gasteiger partial charge is 0.164 e. The minimum atomic E-state index is 0.157. The van der Waals surface area contributed by atoms with Gasteiger partial charge in [0.15, 0.2) is 11.6 Å².